The number of anilines is 1. The second-order valence-electron chi connectivity index (χ2n) is 4.91. The van der Waals surface area contributed by atoms with Gasteiger partial charge in [0.05, 0.1) is 5.56 Å². The van der Waals surface area contributed by atoms with Gasteiger partial charge in [-0.05, 0) is 18.2 Å². The van der Waals surface area contributed by atoms with E-state index >= 15 is 0 Å². The summed E-state index contributed by atoms with van der Waals surface area (Å²) in [6.07, 6.45) is 4.10. The highest BCUT2D eigenvalue weighted by Crippen LogP contribution is 2.42. The van der Waals surface area contributed by atoms with Gasteiger partial charge in [-0.3, -0.25) is 4.79 Å². The molecule has 5 nitrogen and oxygen atoms in total. The van der Waals surface area contributed by atoms with E-state index in [9.17, 15) is 4.79 Å². The van der Waals surface area contributed by atoms with Gasteiger partial charge in [0.1, 0.15) is 0 Å². The zero-order valence-corrected chi connectivity index (χ0v) is 11.4. The number of aromatic nitrogens is 1. The second kappa shape index (κ2) is 4.59. The molecular formula is C15H16N2O3. The summed E-state index contributed by atoms with van der Waals surface area (Å²) < 4.78 is 11.5. The first kappa shape index (κ1) is 12.6. The minimum absolute atomic E-state index is 0.164. The molecule has 20 heavy (non-hydrogen) atoms. The number of carbonyl (C=O) groups is 1. The van der Waals surface area contributed by atoms with Gasteiger partial charge in [-0.25, -0.2) is 0 Å². The van der Waals surface area contributed by atoms with Gasteiger partial charge in [-0.15, -0.1) is 0 Å². The maximum Gasteiger partial charge on any atom is 0.257 e. The molecule has 0 radical (unpaired) electrons. The highest BCUT2D eigenvalue weighted by atomic mass is 16.7. The van der Waals surface area contributed by atoms with E-state index in [-0.39, 0.29) is 5.91 Å². The molecule has 3 rings (SSSR count). The van der Waals surface area contributed by atoms with Crippen LogP contribution in [0, 0.1) is 0 Å². The molecule has 0 unspecified atom stereocenters. The smallest absolute Gasteiger partial charge is 0.257 e. The standard InChI is InChI=1S/C15H16N2O3/c1-3-15(2)19-12-5-4-11(8-13(12)20-15)17-14(18)10-6-7-16-9-10/h4-9,16H,3H2,1-2H3,(H,17,18)/t15-/m1/s1. The molecule has 5 heteroatoms. The minimum Gasteiger partial charge on any atom is -0.449 e. The molecule has 1 aromatic carbocycles. The van der Waals surface area contributed by atoms with Gasteiger partial charge in [-0.1, -0.05) is 6.92 Å². The van der Waals surface area contributed by atoms with Crippen molar-refractivity contribution < 1.29 is 14.3 Å². The Morgan fingerprint density at radius 1 is 1.30 bits per heavy atom. The van der Waals surface area contributed by atoms with E-state index in [0.29, 0.717) is 22.7 Å². The Labute approximate surface area is 116 Å². The molecule has 0 saturated heterocycles. The fraction of sp³-hybridized carbons (Fsp3) is 0.267. The van der Waals surface area contributed by atoms with Crippen LogP contribution in [0.5, 0.6) is 11.5 Å². The molecule has 1 aliphatic rings. The van der Waals surface area contributed by atoms with Gasteiger partial charge in [0.2, 0.25) is 5.79 Å². The van der Waals surface area contributed by atoms with Gasteiger partial charge < -0.3 is 19.8 Å². The van der Waals surface area contributed by atoms with Gasteiger partial charge in [0.25, 0.3) is 5.91 Å². The Balaban J connectivity index is 1.78. The first-order valence-corrected chi connectivity index (χ1v) is 6.56. The summed E-state index contributed by atoms with van der Waals surface area (Å²) in [4.78, 5) is 14.8. The Hall–Kier alpha value is -2.43. The van der Waals surface area contributed by atoms with Crippen LogP contribution in [0.25, 0.3) is 0 Å². The van der Waals surface area contributed by atoms with Crippen LogP contribution in [0.4, 0.5) is 5.69 Å². The largest absolute Gasteiger partial charge is 0.449 e. The van der Waals surface area contributed by atoms with Gasteiger partial charge in [0.15, 0.2) is 11.5 Å². The van der Waals surface area contributed by atoms with Crippen LogP contribution < -0.4 is 14.8 Å². The van der Waals surface area contributed by atoms with Gasteiger partial charge in [0, 0.05) is 37.5 Å². The average Bonchev–Trinajstić information content (AvgIpc) is 3.05. The van der Waals surface area contributed by atoms with Crippen molar-refractivity contribution in [1.29, 1.82) is 0 Å². The molecule has 0 bridgehead atoms. The number of rotatable bonds is 3. The topological polar surface area (TPSA) is 63.3 Å². The maximum absolute atomic E-state index is 12.0. The maximum atomic E-state index is 12.0. The van der Waals surface area contributed by atoms with Crippen LogP contribution in [0.15, 0.2) is 36.7 Å². The molecule has 1 amide bonds. The predicted molar refractivity (Wildman–Crippen MR) is 75.1 cm³/mol. The molecule has 0 aliphatic carbocycles. The van der Waals surface area contributed by atoms with Gasteiger partial charge >= 0.3 is 0 Å². The third-order valence-electron chi connectivity index (χ3n) is 3.36. The number of carbonyl (C=O) groups excluding carboxylic acids is 1. The Morgan fingerprint density at radius 2 is 2.10 bits per heavy atom. The Bertz CT molecular complexity index is 637. The summed E-state index contributed by atoms with van der Waals surface area (Å²) in [6.45, 7) is 3.89. The third-order valence-corrected chi connectivity index (χ3v) is 3.36. The zero-order chi connectivity index (χ0) is 14.2. The van der Waals surface area contributed by atoms with Crippen LogP contribution in [0.2, 0.25) is 0 Å². The molecule has 2 aromatic rings. The number of ether oxygens (including phenoxy) is 2. The highest BCUT2D eigenvalue weighted by Gasteiger charge is 2.34. The fourth-order valence-electron chi connectivity index (χ4n) is 2.05. The van der Waals surface area contributed by atoms with Crippen LogP contribution in [0.3, 0.4) is 0 Å². The minimum atomic E-state index is -0.619. The first-order valence-electron chi connectivity index (χ1n) is 6.56. The third kappa shape index (κ3) is 2.22. The highest BCUT2D eigenvalue weighted by molar-refractivity contribution is 6.04. The molecule has 2 N–H and O–H groups in total. The van der Waals surface area contributed by atoms with Crippen molar-refractivity contribution in [3.63, 3.8) is 0 Å². The van der Waals surface area contributed by atoms with E-state index < -0.39 is 5.79 Å². The lowest BCUT2D eigenvalue weighted by atomic mass is 10.2. The summed E-state index contributed by atoms with van der Waals surface area (Å²) >= 11 is 0. The van der Waals surface area contributed by atoms with Crippen molar-refractivity contribution in [1.82, 2.24) is 4.98 Å². The molecule has 2 heterocycles. The molecule has 1 aliphatic heterocycles. The number of hydrogen-bond donors (Lipinski definition) is 2. The summed E-state index contributed by atoms with van der Waals surface area (Å²) in [7, 11) is 0. The molecule has 0 saturated carbocycles. The number of nitrogens with one attached hydrogen (secondary N) is 2. The molecular weight excluding hydrogens is 256 g/mol. The zero-order valence-electron chi connectivity index (χ0n) is 11.4. The van der Waals surface area contributed by atoms with Crippen molar-refractivity contribution in [2.24, 2.45) is 0 Å². The van der Waals surface area contributed by atoms with Crippen molar-refractivity contribution in [2.75, 3.05) is 5.32 Å². The quantitative estimate of drug-likeness (QED) is 0.902. The monoisotopic (exact) mass is 272 g/mol. The summed E-state index contributed by atoms with van der Waals surface area (Å²) in [6, 6.07) is 7.11. The van der Waals surface area contributed by atoms with E-state index in [4.69, 9.17) is 9.47 Å². The average molecular weight is 272 g/mol. The van der Waals surface area contributed by atoms with Crippen LogP contribution in [-0.2, 0) is 0 Å². The first-order chi connectivity index (χ1) is 9.59. The summed E-state index contributed by atoms with van der Waals surface area (Å²) in [5.41, 5.74) is 1.26. The van der Waals surface area contributed by atoms with Crippen molar-refractivity contribution in [3.05, 3.63) is 42.2 Å². The normalized spacial score (nSPS) is 19.9. The SMILES string of the molecule is CC[C@]1(C)Oc2ccc(NC(=O)c3cc[nH]c3)cc2O1. The fourth-order valence-corrected chi connectivity index (χ4v) is 2.05. The van der Waals surface area contributed by atoms with Crippen LogP contribution in [-0.4, -0.2) is 16.7 Å². The predicted octanol–water partition coefficient (Wildman–Crippen LogP) is 3.16. The molecule has 0 fully saturated rings. The lowest BCUT2D eigenvalue weighted by molar-refractivity contribution is -0.0640. The Morgan fingerprint density at radius 3 is 2.80 bits per heavy atom. The molecule has 1 atom stereocenters. The number of benzene rings is 1. The van der Waals surface area contributed by atoms with E-state index in [0.717, 1.165) is 6.42 Å². The Kier molecular flexibility index (Phi) is 2.89. The number of aromatic amines is 1. The van der Waals surface area contributed by atoms with Crippen molar-refractivity contribution >= 4 is 11.6 Å². The van der Waals surface area contributed by atoms with Crippen molar-refractivity contribution in [2.45, 2.75) is 26.1 Å². The number of H-pyrrole nitrogens is 1. The van der Waals surface area contributed by atoms with E-state index in [2.05, 4.69) is 10.3 Å². The van der Waals surface area contributed by atoms with Gasteiger partial charge in [-0.2, -0.15) is 0 Å². The van der Waals surface area contributed by atoms with Crippen LogP contribution >= 0.6 is 0 Å². The number of hydrogen-bond acceptors (Lipinski definition) is 3. The van der Waals surface area contributed by atoms with Crippen LogP contribution in [0.1, 0.15) is 30.6 Å². The molecule has 0 spiro atoms. The van der Waals surface area contributed by atoms with Crippen molar-refractivity contribution in [3.8, 4) is 11.5 Å². The molecule has 1 aromatic heterocycles. The van der Waals surface area contributed by atoms with E-state index in [1.807, 2.05) is 19.9 Å². The summed E-state index contributed by atoms with van der Waals surface area (Å²) in [5.74, 6) is 0.574. The van der Waals surface area contributed by atoms with E-state index in [1.54, 1.807) is 30.6 Å². The van der Waals surface area contributed by atoms with E-state index in [1.165, 1.54) is 0 Å². The summed E-state index contributed by atoms with van der Waals surface area (Å²) in [5, 5.41) is 2.82. The molecule has 104 valence electrons. The lowest BCUT2D eigenvalue weighted by Crippen LogP contribution is -2.33. The second-order valence-corrected chi connectivity index (χ2v) is 4.91. The lowest BCUT2D eigenvalue weighted by Gasteiger charge is -2.20. The number of amides is 1. The number of fused-ring (bicyclic) bond motifs is 1.